The van der Waals surface area contributed by atoms with Crippen molar-refractivity contribution in [1.29, 1.82) is 0 Å². The maximum Gasteiger partial charge on any atom is 0.407 e. The fraction of sp³-hybridized carbons (Fsp3) is 0.826. The number of amides is 2. The minimum absolute atomic E-state index is 0.0354. The first-order valence-electron chi connectivity index (χ1n) is 11.8. The second-order valence-corrected chi connectivity index (χ2v) is 8.02. The first-order valence-corrected chi connectivity index (χ1v) is 11.8. The van der Waals surface area contributed by atoms with Crippen LogP contribution in [-0.2, 0) is 28.5 Å². The van der Waals surface area contributed by atoms with Crippen LogP contribution in [0.15, 0.2) is 12.2 Å². The molecule has 2 amide bonds. The van der Waals surface area contributed by atoms with E-state index in [1.54, 1.807) is 7.05 Å². The average Bonchev–Trinajstić information content (AvgIpc) is 3.43. The summed E-state index contributed by atoms with van der Waals surface area (Å²) in [5.41, 5.74) is 0. The SMILES string of the molecule is CNC(=O)CCOCCOCCOCCOCCNC(=O)OC[C@@H]1[C@@H]2CC/C=C\CC[C@@H]21. The second kappa shape index (κ2) is 16.9. The third kappa shape index (κ3) is 11.8. The Balaban J connectivity index is 1.28. The van der Waals surface area contributed by atoms with Gasteiger partial charge in [0.25, 0.3) is 0 Å². The molecular formula is C23H40N2O7. The number of fused-ring (bicyclic) bond motifs is 1. The molecule has 0 saturated heterocycles. The van der Waals surface area contributed by atoms with E-state index < -0.39 is 0 Å². The van der Waals surface area contributed by atoms with Crippen molar-refractivity contribution in [1.82, 2.24) is 10.6 Å². The van der Waals surface area contributed by atoms with Gasteiger partial charge in [-0.1, -0.05) is 12.2 Å². The molecule has 0 heterocycles. The molecule has 2 aliphatic rings. The summed E-state index contributed by atoms with van der Waals surface area (Å²) in [6.07, 6.45) is 9.26. The quantitative estimate of drug-likeness (QED) is 0.254. The van der Waals surface area contributed by atoms with Gasteiger partial charge in [-0.05, 0) is 43.4 Å². The smallest absolute Gasteiger partial charge is 0.407 e. The first kappa shape index (κ1) is 26.6. The molecule has 0 unspecified atom stereocenters. The molecular weight excluding hydrogens is 416 g/mol. The van der Waals surface area contributed by atoms with Crippen LogP contribution < -0.4 is 10.6 Å². The van der Waals surface area contributed by atoms with Gasteiger partial charge in [0.1, 0.15) is 0 Å². The largest absolute Gasteiger partial charge is 0.449 e. The number of carbonyl (C=O) groups excluding carboxylic acids is 2. The van der Waals surface area contributed by atoms with E-state index in [1.807, 2.05) is 0 Å². The third-order valence-electron chi connectivity index (χ3n) is 5.80. The molecule has 0 aliphatic heterocycles. The van der Waals surface area contributed by atoms with Crippen molar-refractivity contribution >= 4 is 12.0 Å². The highest BCUT2D eigenvalue weighted by Crippen LogP contribution is 2.52. The minimum Gasteiger partial charge on any atom is -0.449 e. The monoisotopic (exact) mass is 456 g/mol. The highest BCUT2D eigenvalue weighted by atomic mass is 16.6. The van der Waals surface area contributed by atoms with E-state index >= 15 is 0 Å². The number of hydrogen-bond donors (Lipinski definition) is 2. The average molecular weight is 457 g/mol. The molecule has 32 heavy (non-hydrogen) atoms. The highest BCUT2D eigenvalue weighted by molar-refractivity contribution is 5.75. The predicted molar refractivity (Wildman–Crippen MR) is 119 cm³/mol. The Kier molecular flexibility index (Phi) is 14.0. The number of carbonyl (C=O) groups is 2. The first-order chi connectivity index (χ1) is 15.7. The zero-order chi connectivity index (χ0) is 22.9. The Morgan fingerprint density at radius 2 is 1.34 bits per heavy atom. The van der Waals surface area contributed by atoms with E-state index in [0.29, 0.717) is 78.3 Å². The maximum atomic E-state index is 11.8. The lowest BCUT2D eigenvalue weighted by Gasteiger charge is -2.09. The van der Waals surface area contributed by atoms with Gasteiger partial charge in [-0.2, -0.15) is 0 Å². The Morgan fingerprint density at radius 1 is 0.812 bits per heavy atom. The van der Waals surface area contributed by atoms with Gasteiger partial charge in [-0.15, -0.1) is 0 Å². The van der Waals surface area contributed by atoms with Crippen LogP contribution in [0.2, 0.25) is 0 Å². The lowest BCUT2D eigenvalue weighted by molar-refractivity contribution is -0.121. The molecule has 2 rings (SSSR count). The molecule has 1 fully saturated rings. The lowest BCUT2D eigenvalue weighted by atomic mass is 10.1. The molecule has 0 aromatic heterocycles. The summed E-state index contributed by atoms with van der Waals surface area (Å²) in [6.45, 7) is 4.56. The van der Waals surface area contributed by atoms with Gasteiger partial charge in [0, 0.05) is 20.0 Å². The number of rotatable bonds is 17. The molecule has 0 bridgehead atoms. The van der Waals surface area contributed by atoms with Crippen LogP contribution in [-0.4, -0.2) is 85.1 Å². The number of nitrogens with one attached hydrogen (secondary N) is 2. The van der Waals surface area contributed by atoms with E-state index in [-0.39, 0.29) is 12.0 Å². The molecule has 3 atom stereocenters. The Morgan fingerprint density at radius 3 is 1.91 bits per heavy atom. The summed E-state index contributed by atoms with van der Waals surface area (Å²) in [5, 5.41) is 5.26. The van der Waals surface area contributed by atoms with E-state index in [4.69, 9.17) is 23.7 Å². The van der Waals surface area contributed by atoms with Gasteiger partial charge in [0.2, 0.25) is 5.91 Å². The molecule has 0 aromatic rings. The van der Waals surface area contributed by atoms with Crippen LogP contribution in [0.25, 0.3) is 0 Å². The maximum absolute atomic E-state index is 11.8. The van der Waals surface area contributed by atoms with Crippen molar-refractivity contribution in [3.8, 4) is 0 Å². The zero-order valence-electron chi connectivity index (χ0n) is 19.4. The standard InChI is InChI=1S/C23H40N2O7/c1-24-22(26)8-10-28-12-14-30-16-17-31-15-13-29-11-9-25-23(27)32-18-21-19-6-4-2-3-5-7-20(19)21/h2-3,19-21H,4-18H2,1H3,(H,24,26)(H,25,27)/b3-2-/t19-,20+,21-. The van der Waals surface area contributed by atoms with Gasteiger partial charge in [0.15, 0.2) is 0 Å². The van der Waals surface area contributed by atoms with E-state index in [9.17, 15) is 9.59 Å². The van der Waals surface area contributed by atoms with Gasteiger partial charge < -0.3 is 34.3 Å². The van der Waals surface area contributed by atoms with Crippen LogP contribution in [0.3, 0.4) is 0 Å². The van der Waals surface area contributed by atoms with E-state index in [2.05, 4.69) is 22.8 Å². The van der Waals surface area contributed by atoms with Crippen LogP contribution in [0.1, 0.15) is 32.1 Å². The number of ether oxygens (including phenoxy) is 5. The summed E-state index contributed by atoms with van der Waals surface area (Å²) < 4.78 is 26.9. The van der Waals surface area contributed by atoms with Crippen LogP contribution in [0, 0.1) is 17.8 Å². The molecule has 0 aromatic carbocycles. The summed E-state index contributed by atoms with van der Waals surface area (Å²) >= 11 is 0. The fourth-order valence-corrected chi connectivity index (χ4v) is 3.94. The summed E-state index contributed by atoms with van der Waals surface area (Å²) in [7, 11) is 1.60. The van der Waals surface area contributed by atoms with Crippen molar-refractivity contribution < 1.29 is 33.3 Å². The minimum atomic E-state index is -0.364. The molecule has 0 radical (unpaired) electrons. The molecule has 0 spiro atoms. The Hall–Kier alpha value is -1.68. The molecule has 184 valence electrons. The molecule has 9 heteroatoms. The van der Waals surface area contributed by atoms with Gasteiger partial charge in [-0.25, -0.2) is 4.79 Å². The molecule has 2 aliphatic carbocycles. The molecule has 9 nitrogen and oxygen atoms in total. The van der Waals surface area contributed by atoms with Crippen molar-refractivity contribution in [3.63, 3.8) is 0 Å². The zero-order valence-corrected chi connectivity index (χ0v) is 19.4. The van der Waals surface area contributed by atoms with E-state index in [1.165, 1.54) is 12.8 Å². The highest BCUT2D eigenvalue weighted by Gasteiger charge is 2.49. The van der Waals surface area contributed by atoms with Gasteiger partial charge in [0.05, 0.1) is 59.5 Å². The van der Waals surface area contributed by atoms with Crippen molar-refractivity contribution in [2.75, 3.05) is 73.1 Å². The third-order valence-corrected chi connectivity index (χ3v) is 5.80. The summed E-state index contributed by atoms with van der Waals surface area (Å²) in [5.74, 6) is 1.97. The molecule has 2 N–H and O–H groups in total. The number of allylic oxidation sites excluding steroid dienone is 2. The summed E-state index contributed by atoms with van der Waals surface area (Å²) in [4.78, 5) is 22.8. The van der Waals surface area contributed by atoms with Crippen LogP contribution in [0.4, 0.5) is 4.79 Å². The van der Waals surface area contributed by atoms with Crippen molar-refractivity contribution in [3.05, 3.63) is 12.2 Å². The second-order valence-electron chi connectivity index (χ2n) is 8.02. The Labute approximate surface area is 191 Å². The number of hydrogen-bond acceptors (Lipinski definition) is 7. The summed E-state index contributed by atoms with van der Waals surface area (Å²) in [6, 6.07) is 0. The fourth-order valence-electron chi connectivity index (χ4n) is 3.94. The van der Waals surface area contributed by atoms with Crippen LogP contribution >= 0.6 is 0 Å². The van der Waals surface area contributed by atoms with Gasteiger partial charge >= 0.3 is 6.09 Å². The molecule has 1 saturated carbocycles. The topological polar surface area (TPSA) is 104 Å². The lowest BCUT2D eigenvalue weighted by Crippen LogP contribution is -2.29. The van der Waals surface area contributed by atoms with Crippen LogP contribution in [0.5, 0.6) is 0 Å². The Bertz CT molecular complexity index is 542. The normalized spacial score (nSPS) is 22.8. The van der Waals surface area contributed by atoms with Gasteiger partial charge in [-0.3, -0.25) is 4.79 Å². The van der Waals surface area contributed by atoms with Crippen molar-refractivity contribution in [2.24, 2.45) is 17.8 Å². The predicted octanol–water partition coefficient (Wildman–Crippen LogP) is 1.91. The van der Waals surface area contributed by atoms with E-state index in [0.717, 1.165) is 24.7 Å². The number of alkyl carbamates (subject to hydrolysis) is 1. The van der Waals surface area contributed by atoms with Crippen molar-refractivity contribution in [2.45, 2.75) is 32.1 Å².